The molecule has 0 aromatic heterocycles. The molecule has 0 amide bonds. The Balaban J connectivity index is 1.91. The summed E-state index contributed by atoms with van der Waals surface area (Å²) in [5.74, 6) is 1.60. The maximum absolute atomic E-state index is 12.1. The molecule has 146 valence electrons. The highest BCUT2D eigenvalue weighted by molar-refractivity contribution is 7.85. The molecule has 1 aromatic carbocycles. The van der Waals surface area contributed by atoms with Gasteiger partial charge in [0.1, 0.15) is 0 Å². The summed E-state index contributed by atoms with van der Waals surface area (Å²) in [7, 11) is 1.12. The minimum absolute atomic E-state index is 0.0180. The van der Waals surface area contributed by atoms with E-state index < -0.39 is 10.8 Å². The summed E-state index contributed by atoms with van der Waals surface area (Å²) in [5.41, 5.74) is 2.62. The minimum Gasteiger partial charge on any atom is -0.356 e. The quantitative estimate of drug-likeness (QED) is 0.589. The lowest BCUT2D eigenvalue weighted by molar-refractivity contribution is 0.410. The summed E-state index contributed by atoms with van der Waals surface area (Å²) in [4.78, 5) is 4.40. The number of rotatable bonds is 6. The Morgan fingerprint density at radius 1 is 1.27 bits per heavy atom. The van der Waals surface area contributed by atoms with Crippen LogP contribution < -0.4 is 10.6 Å². The molecule has 1 aliphatic carbocycles. The Hall–Kier alpha value is -1.36. The Morgan fingerprint density at radius 3 is 2.58 bits per heavy atom. The van der Waals surface area contributed by atoms with Gasteiger partial charge in [-0.3, -0.25) is 9.20 Å². The van der Waals surface area contributed by atoms with Gasteiger partial charge in [0.25, 0.3) is 0 Å². The van der Waals surface area contributed by atoms with Gasteiger partial charge in [-0.05, 0) is 31.7 Å². The molecule has 0 heterocycles. The smallest absolute Gasteiger partial charge is 0.191 e. The van der Waals surface area contributed by atoms with Crippen LogP contribution in [0.5, 0.6) is 0 Å². The number of aliphatic imine (C=N–C) groups is 1. The second-order valence-corrected chi connectivity index (χ2v) is 9.98. The van der Waals surface area contributed by atoms with E-state index in [2.05, 4.69) is 60.7 Å². The van der Waals surface area contributed by atoms with Gasteiger partial charge in [0.15, 0.2) is 5.96 Å². The molecule has 2 rings (SSSR count). The summed E-state index contributed by atoms with van der Waals surface area (Å²) in [6.45, 7) is 9.44. The van der Waals surface area contributed by atoms with Crippen molar-refractivity contribution in [3.63, 3.8) is 0 Å². The van der Waals surface area contributed by atoms with Crippen LogP contribution in [0.15, 0.2) is 29.3 Å². The van der Waals surface area contributed by atoms with Crippen molar-refractivity contribution < 1.29 is 4.21 Å². The summed E-state index contributed by atoms with van der Waals surface area (Å²) in [5, 5.41) is 7.37. The van der Waals surface area contributed by atoms with Crippen molar-refractivity contribution in [1.29, 1.82) is 0 Å². The molecule has 1 aromatic rings. The first-order valence-electron chi connectivity index (χ1n) is 9.77. The van der Waals surface area contributed by atoms with Gasteiger partial charge < -0.3 is 10.6 Å². The fourth-order valence-electron chi connectivity index (χ4n) is 3.55. The number of benzene rings is 1. The van der Waals surface area contributed by atoms with Gasteiger partial charge in [-0.1, -0.05) is 57.0 Å². The van der Waals surface area contributed by atoms with Crippen LogP contribution in [0.3, 0.4) is 0 Å². The van der Waals surface area contributed by atoms with E-state index in [0.29, 0.717) is 11.3 Å². The van der Waals surface area contributed by atoms with Gasteiger partial charge in [0, 0.05) is 46.9 Å². The van der Waals surface area contributed by atoms with Crippen molar-refractivity contribution in [2.24, 2.45) is 4.99 Å². The molecular formula is C21H35N3OS. The van der Waals surface area contributed by atoms with Crippen LogP contribution in [0.1, 0.15) is 57.6 Å². The molecule has 3 atom stereocenters. The third-order valence-corrected chi connectivity index (χ3v) is 7.12. The average molecular weight is 378 g/mol. The largest absolute Gasteiger partial charge is 0.356 e. The highest BCUT2D eigenvalue weighted by Crippen LogP contribution is 2.24. The minimum atomic E-state index is -0.696. The number of nitrogens with zero attached hydrogens (tertiary/aromatic N) is 1. The molecule has 1 fully saturated rings. The summed E-state index contributed by atoms with van der Waals surface area (Å²) in [6, 6.07) is 9.11. The van der Waals surface area contributed by atoms with Gasteiger partial charge in [0.2, 0.25) is 0 Å². The van der Waals surface area contributed by atoms with E-state index in [9.17, 15) is 4.21 Å². The molecule has 4 nitrogen and oxygen atoms in total. The lowest BCUT2D eigenvalue weighted by atomic mass is 9.84. The number of hydrogen-bond acceptors (Lipinski definition) is 2. The molecule has 2 N–H and O–H groups in total. The van der Waals surface area contributed by atoms with Crippen molar-refractivity contribution in [3.05, 3.63) is 35.4 Å². The van der Waals surface area contributed by atoms with Gasteiger partial charge in [0.05, 0.1) is 0 Å². The van der Waals surface area contributed by atoms with Crippen molar-refractivity contribution >= 4 is 16.8 Å². The van der Waals surface area contributed by atoms with Crippen molar-refractivity contribution in [1.82, 2.24) is 10.6 Å². The Morgan fingerprint density at radius 2 is 1.96 bits per heavy atom. The molecule has 0 aliphatic heterocycles. The van der Waals surface area contributed by atoms with Crippen molar-refractivity contribution in [2.75, 3.05) is 19.3 Å². The van der Waals surface area contributed by atoms with Gasteiger partial charge in [-0.2, -0.15) is 0 Å². The van der Waals surface area contributed by atoms with E-state index in [-0.39, 0.29) is 5.41 Å². The molecule has 1 aliphatic rings. The van der Waals surface area contributed by atoms with Crippen LogP contribution in [-0.4, -0.2) is 40.8 Å². The summed E-state index contributed by atoms with van der Waals surface area (Å²) < 4.78 is 12.1. The monoisotopic (exact) mass is 377 g/mol. The van der Waals surface area contributed by atoms with Gasteiger partial charge >= 0.3 is 0 Å². The normalized spacial score (nSPS) is 22.7. The topological polar surface area (TPSA) is 53.5 Å². The molecule has 26 heavy (non-hydrogen) atoms. The zero-order chi connectivity index (χ0) is 19.2. The number of nitrogens with one attached hydrogen (secondary N) is 2. The van der Waals surface area contributed by atoms with Crippen LogP contribution in [0.2, 0.25) is 0 Å². The van der Waals surface area contributed by atoms with Gasteiger partial charge in [-0.15, -0.1) is 0 Å². The highest BCUT2D eigenvalue weighted by atomic mass is 32.2. The second-order valence-electron chi connectivity index (χ2n) is 7.97. The summed E-state index contributed by atoms with van der Waals surface area (Å²) >= 11 is 0. The Labute approximate surface area is 161 Å². The fraction of sp³-hybridized carbons (Fsp3) is 0.667. The first kappa shape index (κ1) is 20.9. The molecule has 0 saturated heterocycles. The SMILES string of the molecule is CCS(=O)C1CCCC(NC(=NC)NCC(C)(C)c2ccc(C)cc2)C1. The predicted octanol–water partition coefficient (Wildman–Crippen LogP) is 3.52. The maximum Gasteiger partial charge on any atom is 0.191 e. The third-order valence-electron chi connectivity index (χ3n) is 5.38. The van der Waals surface area contributed by atoms with E-state index in [1.165, 1.54) is 11.1 Å². The van der Waals surface area contributed by atoms with E-state index >= 15 is 0 Å². The molecule has 0 bridgehead atoms. The van der Waals surface area contributed by atoms with Crippen LogP contribution in [0, 0.1) is 6.92 Å². The number of aryl methyl sites for hydroxylation is 1. The number of guanidine groups is 1. The van der Waals surface area contributed by atoms with E-state index in [0.717, 1.165) is 43.9 Å². The molecule has 1 saturated carbocycles. The molecule has 0 radical (unpaired) electrons. The van der Waals surface area contributed by atoms with Crippen LogP contribution in [0.25, 0.3) is 0 Å². The Kier molecular flexibility index (Phi) is 7.69. The van der Waals surface area contributed by atoms with E-state index in [1.807, 2.05) is 14.0 Å². The third kappa shape index (κ3) is 5.83. The first-order valence-corrected chi connectivity index (χ1v) is 11.2. The average Bonchev–Trinajstić information content (AvgIpc) is 2.65. The van der Waals surface area contributed by atoms with Crippen LogP contribution in [-0.2, 0) is 16.2 Å². The molecule has 5 heteroatoms. The predicted molar refractivity (Wildman–Crippen MR) is 113 cm³/mol. The van der Waals surface area contributed by atoms with Crippen LogP contribution >= 0.6 is 0 Å². The standard InChI is InChI=1S/C21H35N3OS/c1-6-26(25)19-9-7-8-18(14-19)24-20(22-5)23-15-21(3,4)17-12-10-16(2)11-13-17/h10-13,18-19H,6-9,14-15H2,1-5H3,(H2,22,23,24). The highest BCUT2D eigenvalue weighted by Gasteiger charge is 2.27. The van der Waals surface area contributed by atoms with Crippen molar-refractivity contribution in [3.8, 4) is 0 Å². The fourth-order valence-corrected chi connectivity index (χ4v) is 4.90. The van der Waals surface area contributed by atoms with E-state index in [1.54, 1.807) is 0 Å². The maximum atomic E-state index is 12.1. The lowest BCUT2D eigenvalue weighted by Gasteiger charge is -2.32. The van der Waals surface area contributed by atoms with Crippen LogP contribution in [0.4, 0.5) is 0 Å². The Bertz CT molecular complexity index is 625. The zero-order valence-corrected chi connectivity index (χ0v) is 17.8. The van der Waals surface area contributed by atoms with Crippen molar-refractivity contribution in [2.45, 2.75) is 70.1 Å². The summed E-state index contributed by atoms with van der Waals surface area (Å²) in [6.07, 6.45) is 4.33. The second kappa shape index (κ2) is 9.54. The molecular weight excluding hydrogens is 342 g/mol. The lowest BCUT2D eigenvalue weighted by Crippen LogP contribution is -2.49. The number of hydrogen-bond donors (Lipinski definition) is 2. The zero-order valence-electron chi connectivity index (χ0n) is 17.0. The van der Waals surface area contributed by atoms with Gasteiger partial charge in [-0.25, -0.2) is 0 Å². The van der Waals surface area contributed by atoms with E-state index in [4.69, 9.17) is 0 Å². The molecule has 3 unspecified atom stereocenters. The first-order chi connectivity index (χ1) is 12.4. The molecule has 0 spiro atoms.